The van der Waals surface area contributed by atoms with Crippen molar-refractivity contribution in [1.29, 1.82) is 0 Å². The van der Waals surface area contributed by atoms with E-state index in [2.05, 4.69) is 6.58 Å². The number of aliphatic carboxylic acids is 1. The van der Waals surface area contributed by atoms with Crippen LogP contribution in [0.25, 0.3) is 0 Å². The first-order valence-electron chi connectivity index (χ1n) is 4.22. The zero-order valence-electron chi connectivity index (χ0n) is 7.82. The number of carboxylic acid groups (broad SMARTS) is 1. The standard InChI is InChI=1S/C9H15NO3/c1-3-6-10(8(11)4-2)7-5-9(12)13/h3H,1,4-7H2,2H3,(H,12,13). The Morgan fingerprint density at radius 3 is 2.54 bits per heavy atom. The molecule has 0 bridgehead atoms. The molecule has 0 heterocycles. The molecule has 4 heteroatoms. The molecule has 0 saturated heterocycles. The molecule has 0 aliphatic carbocycles. The highest BCUT2D eigenvalue weighted by atomic mass is 16.4. The SMILES string of the molecule is C=CCN(CCC(=O)O)C(=O)CC. The first-order chi connectivity index (χ1) is 6.11. The van der Waals surface area contributed by atoms with Crippen molar-refractivity contribution in [1.82, 2.24) is 4.90 Å². The molecule has 0 aromatic rings. The zero-order chi connectivity index (χ0) is 10.3. The number of rotatable bonds is 6. The van der Waals surface area contributed by atoms with Crippen molar-refractivity contribution in [3.8, 4) is 0 Å². The number of nitrogens with zero attached hydrogens (tertiary/aromatic N) is 1. The van der Waals surface area contributed by atoms with Crippen LogP contribution in [-0.4, -0.2) is 35.0 Å². The number of carboxylic acids is 1. The number of carbonyl (C=O) groups is 2. The first kappa shape index (κ1) is 11.7. The second-order valence-corrected chi connectivity index (χ2v) is 2.63. The molecule has 0 aliphatic rings. The summed E-state index contributed by atoms with van der Waals surface area (Å²) in [7, 11) is 0. The lowest BCUT2D eigenvalue weighted by Gasteiger charge is -2.19. The second-order valence-electron chi connectivity index (χ2n) is 2.63. The van der Waals surface area contributed by atoms with Gasteiger partial charge in [-0.25, -0.2) is 0 Å². The second kappa shape index (κ2) is 6.22. The maximum atomic E-state index is 11.2. The lowest BCUT2D eigenvalue weighted by molar-refractivity contribution is -0.138. The quantitative estimate of drug-likeness (QED) is 0.625. The Morgan fingerprint density at radius 1 is 1.54 bits per heavy atom. The number of amides is 1. The molecule has 0 aromatic carbocycles. The summed E-state index contributed by atoms with van der Waals surface area (Å²) in [6.07, 6.45) is 1.97. The summed E-state index contributed by atoms with van der Waals surface area (Å²) in [5.74, 6) is -0.931. The molecule has 0 unspecified atom stereocenters. The van der Waals surface area contributed by atoms with Gasteiger partial charge in [0.15, 0.2) is 0 Å². The number of hydrogen-bond donors (Lipinski definition) is 1. The van der Waals surface area contributed by atoms with Crippen molar-refractivity contribution in [2.24, 2.45) is 0 Å². The van der Waals surface area contributed by atoms with Crippen LogP contribution >= 0.6 is 0 Å². The Hall–Kier alpha value is -1.32. The van der Waals surface area contributed by atoms with E-state index in [9.17, 15) is 9.59 Å². The van der Waals surface area contributed by atoms with Gasteiger partial charge >= 0.3 is 5.97 Å². The van der Waals surface area contributed by atoms with E-state index < -0.39 is 5.97 Å². The maximum Gasteiger partial charge on any atom is 0.305 e. The van der Waals surface area contributed by atoms with Gasteiger partial charge in [-0.15, -0.1) is 6.58 Å². The average molecular weight is 185 g/mol. The summed E-state index contributed by atoms with van der Waals surface area (Å²) in [5.41, 5.74) is 0. The smallest absolute Gasteiger partial charge is 0.305 e. The number of carbonyl (C=O) groups excluding carboxylic acids is 1. The van der Waals surface area contributed by atoms with Crippen LogP contribution in [0.2, 0.25) is 0 Å². The fraction of sp³-hybridized carbons (Fsp3) is 0.556. The topological polar surface area (TPSA) is 57.6 Å². The highest BCUT2D eigenvalue weighted by Crippen LogP contribution is 1.96. The van der Waals surface area contributed by atoms with Crippen molar-refractivity contribution in [2.75, 3.05) is 13.1 Å². The third kappa shape index (κ3) is 5.00. The molecule has 0 aromatic heterocycles. The molecule has 0 radical (unpaired) electrons. The van der Waals surface area contributed by atoms with E-state index in [1.54, 1.807) is 13.0 Å². The molecule has 74 valence electrons. The Bertz CT molecular complexity index is 201. The van der Waals surface area contributed by atoms with Gasteiger partial charge in [-0.3, -0.25) is 9.59 Å². The predicted octanol–water partition coefficient (Wildman–Crippen LogP) is 0.886. The van der Waals surface area contributed by atoms with Crippen molar-refractivity contribution in [3.05, 3.63) is 12.7 Å². The summed E-state index contributed by atoms with van der Waals surface area (Å²) in [6, 6.07) is 0. The molecule has 0 atom stereocenters. The van der Waals surface area contributed by atoms with Gasteiger partial charge in [-0.2, -0.15) is 0 Å². The van der Waals surface area contributed by atoms with Gasteiger partial charge in [0.25, 0.3) is 0 Å². The summed E-state index contributed by atoms with van der Waals surface area (Å²) >= 11 is 0. The van der Waals surface area contributed by atoms with E-state index in [0.29, 0.717) is 13.0 Å². The van der Waals surface area contributed by atoms with Crippen LogP contribution in [0, 0.1) is 0 Å². The minimum atomic E-state index is -0.891. The molecular weight excluding hydrogens is 170 g/mol. The largest absolute Gasteiger partial charge is 0.481 e. The third-order valence-corrected chi connectivity index (χ3v) is 1.60. The summed E-state index contributed by atoms with van der Waals surface area (Å²) < 4.78 is 0. The van der Waals surface area contributed by atoms with Crippen molar-refractivity contribution < 1.29 is 14.7 Å². The fourth-order valence-corrected chi connectivity index (χ4v) is 0.928. The molecule has 1 amide bonds. The van der Waals surface area contributed by atoms with Crippen LogP contribution in [0.4, 0.5) is 0 Å². The minimum Gasteiger partial charge on any atom is -0.481 e. The van der Waals surface area contributed by atoms with Crippen LogP contribution in [0.1, 0.15) is 19.8 Å². The van der Waals surface area contributed by atoms with Crippen LogP contribution in [0.15, 0.2) is 12.7 Å². The molecule has 0 fully saturated rings. The van der Waals surface area contributed by atoms with Gasteiger partial charge in [0.05, 0.1) is 6.42 Å². The molecule has 0 rings (SSSR count). The van der Waals surface area contributed by atoms with Gasteiger partial charge in [0, 0.05) is 19.5 Å². The molecule has 0 aliphatic heterocycles. The third-order valence-electron chi connectivity index (χ3n) is 1.60. The van der Waals surface area contributed by atoms with Crippen LogP contribution < -0.4 is 0 Å². The van der Waals surface area contributed by atoms with Crippen LogP contribution in [0.3, 0.4) is 0 Å². The van der Waals surface area contributed by atoms with Gasteiger partial charge in [0.2, 0.25) is 5.91 Å². The molecular formula is C9H15NO3. The lowest BCUT2D eigenvalue weighted by atomic mass is 10.3. The van der Waals surface area contributed by atoms with Gasteiger partial charge in [-0.1, -0.05) is 13.0 Å². The monoisotopic (exact) mass is 185 g/mol. The van der Waals surface area contributed by atoms with E-state index >= 15 is 0 Å². The van der Waals surface area contributed by atoms with Gasteiger partial charge < -0.3 is 10.0 Å². The summed E-state index contributed by atoms with van der Waals surface area (Å²) in [5, 5.41) is 8.42. The van der Waals surface area contributed by atoms with Gasteiger partial charge in [0.1, 0.15) is 0 Å². The van der Waals surface area contributed by atoms with E-state index in [1.165, 1.54) is 4.90 Å². The van der Waals surface area contributed by atoms with E-state index in [0.717, 1.165) is 0 Å². The highest BCUT2D eigenvalue weighted by Gasteiger charge is 2.10. The Kier molecular flexibility index (Phi) is 5.59. The summed E-state index contributed by atoms with van der Waals surface area (Å²) in [4.78, 5) is 22.9. The lowest BCUT2D eigenvalue weighted by Crippen LogP contribution is -2.32. The Balaban J connectivity index is 4.00. The predicted molar refractivity (Wildman–Crippen MR) is 49.3 cm³/mol. The van der Waals surface area contributed by atoms with Crippen LogP contribution in [0.5, 0.6) is 0 Å². The van der Waals surface area contributed by atoms with Crippen molar-refractivity contribution in [2.45, 2.75) is 19.8 Å². The van der Waals surface area contributed by atoms with Crippen molar-refractivity contribution >= 4 is 11.9 Å². The maximum absolute atomic E-state index is 11.2. The van der Waals surface area contributed by atoms with Crippen molar-refractivity contribution in [3.63, 3.8) is 0 Å². The van der Waals surface area contributed by atoms with E-state index in [1.807, 2.05) is 0 Å². The molecule has 4 nitrogen and oxygen atoms in total. The Labute approximate surface area is 77.8 Å². The van der Waals surface area contributed by atoms with Gasteiger partial charge in [-0.05, 0) is 0 Å². The Morgan fingerprint density at radius 2 is 2.15 bits per heavy atom. The molecule has 0 saturated carbocycles. The first-order valence-corrected chi connectivity index (χ1v) is 4.22. The van der Waals surface area contributed by atoms with Crippen LogP contribution in [-0.2, 0) is 9.59 Å². The molecule has 13 heavy (non-hydrogen) atoms. The highest BCUT2D eigenvalue weighted by molar-refractivity contribution is 5.76. The molecule has 0 spiro atoms. The zero-order valence-corrected chi connectivity index (χ0v) is 7.82. The minimum absolute atomic E-state index is 0.0143. The normalized spacial score (nSPS) is 9.31. The number of hydrogen-bond acceptors (Lipinski definition) is 2. The fourth-order valence-electron chi connectivity index (χ4n) is 0.928. The average Bonchev–Trinajstić information content (AvgIpc) is 2.10. The van der Waals surface area contributed by atoms with E-state index in [4.69, 9.17) is 5.11 Å². The molecule has 1 N–H and O–H groups in total. The summed E-state index contributed by atoms with van der Waals surface area (Å²) in [6.45, 7) is 5.93. The van der Waals surface area contributed by atoms with E-state index in [-0.39, 0.29) is 18.9 Å².